The SMILES string of the molecule is CNc1nc(OC)nc(Oc2cccc([N+](=O)[O-])c2Br)n1. The zero-order valence-electron chi connectivity index (χ0n) is 11.0. The number of methoxy groups -OCH3 is 1. The van der Waals surface area contributed by atoms with Crippen LogP contribution < -0.4 is 14.8 Å². The first kappa shape index (κ1) is 14.9. The molecule has 21 heavy (non-hydrogen) atoms. The van der Waals surface area contributed by atoms with Crippen LogP contribution in [0.4, 0.5) is 11.6 Å². The largest absolute Gasteiger partial charge is 0.467 e. The van der Waals surface area contributed by atoms with Crippen molar-refractivity contribution in [2.75, 3.05) is 19.5 Å². The number of nitro groups is 1. The van der Waals surface area contributed by atoms with E-state index in [2.05, 4.69) is 36.2 Å². The lowest BCUT2D eigenvalue weighted by atomic mass is 10.3. The summed E-state index contributed by atoms with van der Waals surface area (Å²) in [7, 11) is 3.03. The number of hydrogen-bond acceptors (Lipinski definition) is 8. The minimum absolute atomic E-state index is 0.0487. The molecule has 0 aliphatic heterocycles. The van der Waals surface area contributed by atoms with Crippen molar-refractivity contribution in [1.29, 1.82) is 0 Å². The summed E-state index contributed by atoms with van der Waals surface area (Å²) in [6.45, 7) is 0. The van der Waals surface area contributed by atoms with E-state index in [9.17, 15) is 10.1 Å². The fraction of sp³-hybridized carbons (Fsp3) is 0.182. The van der Waals surface area contributed by atoms with Gasteiger partial charge in [0.25, 0.3) is 5.69 Å². The molecule has 1 aromatic heterocycles. The monoisotopic (exact) mass is 355 g/mol. The van der Waals surface area contributed by atoms with Gasteiger partial charge in [0.1, 0.15) is 4.47 Å². The third kappa shape index (κ3) is 3.34. The maximum atomic E-state index is 10.9. The maximum absolute atomic E-state index is 10.9. The molecule has 110 valence electrons. The van der Waals surface area contributed by atoms with Gasteiger partial charge in [-0.1, -0.05) is 6.07 Å². The topological polar surface area (TPSA) is 112 Å². The molecule has 0 aliphatic rings. The lowest BCUT2D eigenvalue weighted by Gasteiger charge is -2.08. The van der Waals surface area contributed by atoms with Crippen molar-refractivity contribution in [3.63, 3.8) is 0 Å². The summed E-state index contributed by atoms with van der Waals surface area (Å²) in [5.41, 5.74) is -0.123. The van der Waals surface area contributed by atoms with Crippen LogP contribution in [0.3, 0.4) is 0 Å². The molecule has 0 spiro atoms. The summed E-state index contributed by atoms with van der Waals surface area (Å²) in [6.07, 6.45) is 0. The molecule has 0 unspecified atom stereocenters. The van der Waals surface area contributed by atoms with E-state index in [1.54, 1.807) is 13.1 Å². The van der Waals surface area contributed by atoms with Crippen LogP contribution >= 0.6 is 15.9 Å². The van der Waals surface area contributed by atoms with Gasteiger partial charge < -0.3 is 14.8 Å². The van der Waals surface area contributed by atoms with Crippen molar-refractivity contribution in [2.45, 2.75) is 0 Å². The van der Waals surface area contributed by atoms with Crippen LogP contribution in [-0.4, -0.2) is 34.0 Å². The molecule has 1 aromatic carbocycles. The molecule has 0 radical (unpaired) electrons. The predicted molar refractivity (Wildman–Crippen MR) is 76.8 cm³/mol. The third-order valence-electron chi connectivity index (χ3n) is 2.34. The Morgan fingerprint density at radius 1 is 1.29 bits per heavy atom. The molecular weight excluding hydrogens is 346 g/mol. The van der Waals surface area contributed by atoms with Gasteiger partial charge in [0.05, 0.1) is 12.0 Å². The van der Waals surface area contributed by atoms with Crippen LogP contribution in [0, 0.1) is 10.1 Å². The number of ether oxygens (including phenoxy) is 2. The van der Waals surface area contributed by atoms with Gasteiger partial charge in [-0.25, -0.2) is 0 Å². The molecule has 1 N–H and O–H groups in total. The van der Waals surface area contributed by atoms with E-state index in [0.29, 0.717) is 0 Å². The summed E-state index contributed by atoms with van der Waals surface area (Å²) in [4.78, 5) is 22.2. The van der Waals surface area contributed by atoms with Crippen LogP contribution in [-0.2, 0) is 0 Å². The molecule has 0 amide bonds. The number of aromatic nitrogens is 3. The summed E-state index contributed by atoms with van der Waals surface area (Å²) >= 11 is 3.13. The molecular formula is C11H10BrN5O4. The van der Waals surface area contributed by atoms with Crippen molar-refractivity contribution < 1.29 is 14.4 Å². The standard InChI is InChI=1S/C11H10BrN5O4/c1-13-9-14-10(20-2)16-11(15-9)21-7-5-3-4-6(8(7)12)17(18)19/h3-5H,1-2H3,(H,13,14,15,16). The Hall–Kier alpha value is -2.49. The van der Waals surface area contributed by atoms with Gasteiger partial charge >= 0.3 is 12.0 Å². The highest BCUT2D eigenvalue weighted by Crippen LogP contribution is 2.35. The predicted octanol–water partition coefficient (Wildman–Crippen LogP) is 2.38. The van der Waals surface area contributed by atoms with E-state index >= 15 is 0 Å². The van der Waals surface area contributed by atoms with Gasteiger partial charge in [0.2, 0.25) is 5.95 Å². The molecule has 2 rings (SSSR count). The Kier molecular flexibility index (Phi) is 4.48. The summed E-state index contributed by atoms with van der Waals surface area (Å²) in [5, 5.41) is 13.6. The Morgan fingerprint density at radius 3 is 2.62 bits per heavy atom. The molecule has 9 nitrogen and oxygen atoms in total. The van der Waals surface area contributed by atoms with Crippen molar-refractivity contribution in [3.8, 4) is 17.8 Å². The first-order valence-corrected chi connectivity index (χ1v) is 6.43. The smallest absolute Gasteiger partial charge is 0.330 e. The van der Waals surface area contributed by atoms with Gasteiger partial charge in [-0.3, -0.25) is 10.1 Å². The van der Waals surface area contributed by atoms with Crippen molar-refractivity contribution in [2.24, 2.45) is 0 Å². The fourth-order valence-corrected chi connectivity index (χ4v) is 1.89. The average molecular weight is 356 g/mol. The van der Waals surface area contributed by atoms with Gasteiger partial charge in [-0.05, 0) is 22.0 Å². The highest BCUT2D eigenvalue weighted by atomic mass is 79.9. The summed E-state index contributed by atoms with van der Waals surface area (Å²) in [6, 6.07) is 4.41. The number of nitrogens with zero attached hydrogens (tertiary/aromatic N) is 4. The molecule has 0 atom stereocenters. The summed E-state index contributed by atoms with van der Waals surface area (Å²) < 4.78 is 10.6. The Morgan fingerprint density at radius 2 is 2.00 bits per heavy atom. The highest BCUT2D eigenvalue weighted by Gasteiger charge is 2.18. The van der Waals surface area contributed by atoms with Gasteiger partial charge in [-0.2, -0.15) is 9.97 Å². The van der Waals surface area contributed by atoms with Crippen LogP contribution in [0.15, 0.2) is 22.7 Å². The van der Waals surface area contributed by atoms with E-state index in [-0.39, 0.29) is 33.9 Å². The molecule has 10 heteroatoms. The molecule has 0 bridgehead atoms. The second-order valence-corrected chi connectivity index (χ2v) is 4.42. The number of halogens is 1. The van der Waals surface area contributed by atoms with Crippen molar-refractivity contribution in [1.82, 2.24) is 15.0 Å². The van der Waals surface area contributed by atoms with E-state index < -0.39 is 4.92 Å². The lowest BCUT2D eigenvalue weighted by Crippen LogP contribution is -2.03. The minimum Gasteiger partial charge on any atom is -0.467 e. The molecule has 0 fully saturated rings. The van der Waals surface area contributed by atoms with E-state index in [1.165, 1.54) is 19.2 Å². The second kappa shape index (κ2) is 6.31. The van der Waals surface area contributed by atoms with E-state index in [1.807, 2.05) is 0 Å². The number of hydrogen-bond donors (Lipinski definition) is 1. The molecule has 0 saturated heterocycles. The number of anilines is 1. The first-order chi connectivity index (χ1) is 10.0. The number of rotatable bonds is 5. The van der Waals surface area contributed by atoms with Crippen molar-refractivity contribution in [3.05, 3.63) is 32.8 Å². The van der Waals surface area contributed by atoms with Crippen LogP contribution in [0.1, 0.15) is 0 Å². The van der Waals surface area contributed by atoms with Gasteiger partial charge in [0.15, 0.2) is 5.75 Å². The lowest BCUT2D eigenvalue weighted by molar-refractivity contribution is -0.385. The quantitative estimate of drug-likeness (QED) is 0.642. The normalized spacial score (nSPS) is 10.0. The molecule has 0 aliphatic carbocycles. The van der Waals surface area contributed by atoms with E-state index in [4.69, 9.17) is 9.47 Å². The second-order valence-electron chi connectivity index (χ2n) is 3.63. The zero-order valence-corrected chi connectivity index (χ0v) is 12.6. The van der Waals surface area contributed by atoms with Crippen LogP contribution in [0.5, 0.6) is 17.8 Å². The Bertz CT molecular complexity index is 659. The maximum Gasteiger partial charge on any atom is 0.330 e. The molecule has 0 saturated carbocycles. The molecule has 1 heterocycles. The van der Waals surface area contributed by atoms with Crippen LogP contribution in [0.25, 0.3) is 0 Å². The van der Waals surface area contributed by atoms with Crippen LogP contribution in [0.2, 0.25) is 0 Å². The van der Waals surface area contributed by atoms with E-state index in [0.717, 1.165) is 0 Å². The highest BCUT2D eigenvalue weighted by molar-refractivity contribution is 9.10. The van der Waals surface area contributed by atoms with Gasteiger partial charge in [0, 0.05) is 13.1 Å². The molecule has 2 aromatic rings. The Labute approximate surface area is 127 Å². The zero-order chi connectivity index (χ0) is 15.4. The fourth-order valence-electron chi connectivity index (χ4n) is 1.40. The third-order valence-corrected chi connectivity index (χ3v) is 3.14. The average Bonchev–Trinajstić information content (AvgIpc) is 2.48. The number of nitro benzene ring substituents is 1. The number of nitrogens with one attached hydrogen (secondary N) is 1. The Balaban J connectivity index is 2.38. The van der Waals surface area contributed by atoms with Gasteiger partial charge in [-0.15, -0.1) is 4.98 Å². The van der Waals surface area contributed by atoms with Crippen molar-refractivity contribution >= 4 is 27.6 Å². The summed E-state index contributed by atoms with van der Waals surface area (Å²) in [5.74, 6) is 0.456. The number of benzene rings is 1. The first-order valence-electron chi connectivity index (χ1n) is 5.63. The minimum atomic E-state index is -0.524.